The number of carbonyl (C=O) groups excluding carboxylic acids is 1. The van der Waals surface area contributed by atoms with E-state index in [9.17, 15) is 4.79 Å². The number of amides is 1. The van der Waals surface area contributed by atoms with Gasteiger partial charge in [-0.25, -0.2) is 0 Å². The smallest absolute Gasteiger partial charge is 0.234 e. The van der Waals surface area contributed by atoms with E-state index in [4.69, 9.17) is 4.74 Å². The van der Waals surface area contributed by atoms with E-state index >= 15 is 0 Å². The molecule has 3 aromatic rings. The summed E-state index contributed by atoms with van der Waals surface area (Å²) in [6.45, 7) is 4.34. The van der Waals surface area contributed by atoms with E-state index in [-0.39, 0.29) is 17.7 Å². The number of thioether (sulfide) groups is 1. The molecule has 1 aliphatic heterocycles. The summed E-state index contributed by atoms with van der Waals surface area (Å²) in [5.41, 5.74) is 4.59. The normalized spacial score (nSPS) is 16.6. The third kappa shape index (κ3) is 5.38. The number of piperidine rings is 1. The Morgan fingerprint density at radius 3 is 2.57 bits per heavy atom. The van der Waals surface area contributed by atoms with Gasteiger partial charge in [-0.15, -0.1) is 10.2 Å². The number of aryl methyl sites for hydroxylation is 2. The highest BCUT2D eigenvalue weighted by atomic mass is 32.2. The molecular weight excluding hydrogens is 458 g/mol. The number of rotatable bonds is 8. The fourth-order valence-corrected chi connectivity index (χ4v) is 5.82. The van der Waals surface area contributed by atoms with Crippen LogP contribution in [0.2, 0.25) is 0 Å². The van der Waals surface area contributed by atoms with E-state index in [1.165, 1.54) is 48.6 Å². The second-order valence-electron chi connectivity index (χ2n) is 9.32. The van der Waals surface area contributed by atoms with Gasteiger partial charge in [0.15, 0.2) is 11.0 Å². The van der Waals surface area contributed by atoms with Crippen molar-refractivity contribution in [2.45, 2.75) is 56.6 Å². The van der Waals surface area contributed by atoms with Gasteiger partial charge in [0.2, 0.25) is 5.91 Å². The van der Waals surface area contributed by atoms with Crippen LogP contribution in [0.15, 0.2) is 47.6 Å². The minimum Gasteiger partial charge on any atom is -0.497 e. The summed E-state index contributed by atoms with van der Waals surface area (Å²) in [4.78, 5) is 15.3. The highest BCUT2D eigenvalue weighted by molar-refractivity contribution is 7.99. The first-order valence-electron chi connectivity index (χ1n) is 12.5. The maximum atomic E-state index is 12.8. The van der Waals surface area contributed by atoms with Gasteiger partial charge in [-0.3, -0.25) is 14.3 Å². The van der Waals surface area contributed by atoms with Gasteiger partial charge in [0.1, 0.15) is 5.75 Å². The predicted molar refractivity (Wildman–Crippen MR) is 140 cm³/mol. The van der Waals surface area contributed by atoms with Crippen LogP contribution in [0.5, 0.6) is 5.75 Å². The van der Waals surface area contributed by atoms with E-state index < -0.39 is 0 Å². The number of ether oxygens (including phenoxy) is 1. The molecule has 8 heteroatoms. The first-order chi connectivity index (χ1) is 17.1. The van der Waals surface area contributed by atoms with Crippen LogP contribution in [0, 0.1) is 0 Å². The maximum Gasteiger partial charge on any atom is 0.234 e. The first kappa shape index (κ1) is 23.9. The second-order valence-corrected chi connectivity index (χ2v) is 10.3. The second kappa shape index (κ2) is 10.8. The average molecular weight is 492 g/mol. The van der Waals surface area contributed by atoms with E-state index in [1.807, 2.05) is 30.3 Å². The van der Waals surface area contributed by atoms with Gasteiger partial charge in [0.25, 0.3) is 0 Å². The standard InChI is InChI=1S/C27H33N5O2S/c1-19(31-15-4-3-5-16-31)26-29-30-27(32(26)23-11-13-24(34-2)14-12-23)35-18-25(33)28-22-10-9-20-7-6-8-21(20)17-22/h9-14,17,19H,3-8,15-16,18H2,1-2H3,(H,28,33)/t19-/m1/s1. The number of anilines is 1. The lowest BCUT2D eigenvalue weighted by atomic mass is 10.1. The van der Waals surface area contributed by atoms with Crippen molar-refractivity contribution < 1.29 is 9.53 Å². The van der Waals surface area contributed by atoms with Crippen LogP contribution in [0.3, 0.4) is 0 Å². The third-order valence-corrected chi connectivity index (χ3v) is 7.94. The molecule has 35 heavy (non-hydrogen) atoms. The third-order valence-electron chi connectivity index (χ3n) is 7.02. The Morgan fingerprint density at radius 1 is 1.03 bits per heavy atom. The van der Waals surface area contributed by atoms with Crippen LogP contribution >= 0.6 is 11.8 Å². The zero-order valence-electron chi connectivity index (χ0n) is 20.5. The molecule has 1 amide bonds. The SMILES string of the molecule is COc1ccc(-n2c(SCC(=O)Nc3ccc4c(c3)CCC4)nnc2[C@@H](C)N2CCCCC2)cc1. The maximum absolute atomic E-state index is 12.8. The number of carbonyl (C=O) groups is 1. The Hall–Kier alpha value is -2.84. The van der Waals surface area contributed by atoms with E-state index in [0.29, 0.717) is 0 Å². The summed E-state index contributed by atoms with van der Waals surface area (Å²) in [6.07, 6.45) is 7.14. The number of hydrogen-bond acceptors (Lipinski definition) is 6. The van der Waals surface area contributed by atoms with Crippen LogP contribution in [0.1, 0.15) is 55.6 Å². The van der Waals surface area contributed by atoms with Crippen molar-refractivity contribution in [3.05, 3.63) is 59.4 Å². The van der Waals surface area contributed by atoms with Crippen molar-refractivity contribution in [1.29, 1.82) is 0 Å². The summed E-state index contributed by atoms with van der Waals surface area (Å²) >= 11 is 1.42. The van der Waals surface area contributed by atoms with Crippen LogP contribution in [-0.4, -0.2) is 51.5 Å². The summed E-state index contributed by atoms with van der Waals surface area (Å²) in [6, 6.07) is 14.3. The Morgan fingerprint density at radius 2 is 1.80 bits per heavy atom. The van der Waals surface area contributed by atoms with Crippen molar-refractivity contribution >= 4 is 23.4 Å². The van der Waals surface area contributed by atoms with Crippen LogP contribution in [0.25, 0.3) is 5.69 Å². The fraction of sp³-hybridized carbons (Fsp3) is 0.444. The number of methoxy groups -OCH3 is 1. The minimum absolute atomic E-state index is 0.0390. The van der Waals surface area contributed by atoms with Crippen LogP contribution < -0.4 is 10.1 Å². The number of nitrogens with one attached hydrogen (secondary N) is 1. The molecule has 2 aromatic carbocycles. The van der Waals surface area contributed by atoms with Crippen LogP contribution in [0.4, 0.5) is 5.69 Å². The summed E-state index contributed by atoms with van der Waals surface area (Å²) in [5, 5.41) is 12.9. The quantitative estimate of drug-likeness (QED) is 0.445. The van der Waals surface area contributed by atoms with E-state index in [2.05, 4.69) is 44.0 Å². The molecule has 184 valence electrons. The van der Waals surface area contributed by atoms with Crippen molar-refractivity contribution in [1.82, 2.24) is 19.7 Å². The summed E-state index contributed by atoms with van der Waals surface area (Å²) in [7, 11) is 1.67. The molecule has 0 spiro atoms. The molecule has 1 atom stereocenters. The molecule has 2 heterocycles. The number of hydrogen-bond donors (Lipinski definition) is 1. The van der Waals surface area contributed by atoms with E-state index in [0.717, 1.165) is 54.0 Å². The van der Waals surface area contributed by atoms with Gasteiger partial charge in [0, 0.05) is 11.4 Å². The molecule has 7 nitrogen and oxygen atoms in total. The van der Waals surface area contributed by atoms with Gasteiger partial charge in [-0.2, -0.15) is 0 Å². The van der Waals surface area contributed by atoms with Gasteiger partial charge in [-0.05, 0) is 99.6 Å². The summed E-state index contributed by atoms with van der Waals surface area (Å²) in [5.74, 6) is 1.93. The fourth-order valence-electron chi connectivity index (χ4n) is 5.06. The lowest BCUT2D eigenvalue weighted by Gasteiger charge is -2.31. The van der Waals surface area contributed by atoms with Gasteiger partial charge in [-0.1, -0.05) is 24.2 Å². The Labute approximate surface area is 211 Å². The van der Waals surface area contributed by atoms with Gasteiger partial charge >= 0.3 is 0 Å². The molecule has 0 bridgehead atoms. The van der Waals surface area contributed by atoms with Crippen molar-refractivity contribution in [3.8, 4) is 11.4 Å². The highest BCUT2D eigenvalue weighted by Crippen LogP contribution is 2.30. The van der Waals surface area contributed by atoms with Gasteiger partial charge in [0.05, 0.1) is 18.9 Å². The Bertz CT molecular complexity index is 1170. The van der Waals surface area contributed by atoms with Crippen LogP contribution in [-0.2, 0) is 17.6 Å². The number of benzene rings is 2. The minimum atomic E-state index is -0.0390. The van der Waals surface area contributed by atoms with Gasteiger partial charge < -0.3 is 10.1 Å². The number of aromatic nitrogens is 3. The Balaban J connectivity index is 1.34. The highest BCUT2D eigenvalue weighted by Gasteiger charge is 2.26. The van der Waals surface area contributed by atoms with Crippen molar-refractivity contribution in [2.24, 2.45) is 0 Å². The molecule has 1 aliphatic carbocycles. The molecular formula is C27H33N5O2S. The molecule has 2 aliphatic rings. The van der Waals surface area contributed by atoms with Crippen molar-refractivity contribution in [2.75, 3.05) is 31.3 Å². The monoisotopic (exact) mass is 491 g/mol. The number of fused-ring (bicyclic) bond motifs is 1. The zero-order valence-corrected chi connectivity index (χ0v) is 21.3. The van der Waals surface area contributed by atoms with Crippen molar-refractivity contribution in [3.63, 3.8) is 0 Å². The predicted octanol–water partition coefficient (Wildman–Crippen LogP) is 5.04. The first-order valence-corrected chi connectivity index (χ1v) is 13.5. The molecule has 0 saturated carbocycles. The molecule has 1 aromatic heterocycles. The topological polar surface area (TPSA) is 72.3 Å². The molecule has 5 rings (SSSR count). The lowest BCUT2D eigenvalue weighted by molar-refractivity contribution is -0.113. The number of nitrogens with zero attached hydrogens (tertiary/aromatic N) is 4. The molecule has 0 radical (unpaired) electrons. The number of likely N-dealkylation sites (tertiary alicyclic amines) is 1. The molecule has 1 N–H and O–H groups in total. The Kier molecular flexibility index (Phi) is 7.39. The molecule has 0 unspecified atom stereocenters. The van der Waals surface area contributed by atoms with E-state index in [1.54, 1.807) is 7.11 Å². The lowest BCUT2D eigenvalue weighted by Crippen LogP contribution is -2.33. The molecule has 1 fully saturated rings. The average Bonchev–Trinajstić information content (AvgIpc) is 3.54. The largest absolute Gasteiger partial charge is 0.497 e. The molecule has 1 saturated heterocycles. The summed E-state index contributed by atoms with van der Waals surface area (Å²) < 4.78 is 7.44. The zero-order chi connectivity index (χ0) is 24.2.